The van der Waals surface area contributed by atoms with E-state index >= 15 is 0 Å². The average Bonchev–Trinajstić information content (AvgIpc) is 2.40. The number of hydrogen-bond acceptors (Lipinski definition) is 7. The Balaban J connectivity index is 2.34. The molecule has 0 radical (unpaired) electrons. The molecule has 0 fully saturated rings. The highest BCUT2D eigenvalue weighted by molar-refractivity contribution is 5.32. The van der Waals surface area contributed by atoms with Crippen molar-refractivity contribution in [3.63, 3.8) is 0 Å². The number of ether oxygens (including phenoxy) is 4. The number of nitrogen functional groups attached to an aromatic ring is 1. The van der Waals surface area contributed by atoms with Crippen molar-refractivity contribution >= 4 is 5.82 Å². The maximum atomic E-state index is 5.67. The standard InChI is InChI=1S/C12H21N3O4/c1-3-17-9-11-14-10(13)8-12(15-11)19-7-6-18-5-4-16-2/h8H,3-7,9H2,1-2H3,(H2,13,14,15). The molecule has 7 heteroatoms. The van der Waals surface area contributed by atoms with Crippen molar-refractivity contribution in [1.82, 2.24) is 9.97 Å². The molecule has 0 unspecified atom stereocenters. The van der Waals surface area contributed by atoms with Crippen LogP contribution in [-0.2, 0) is 20.8 Å². The molecule has 7 nitrogen and oxygen atoms in total. The fraction of sp³-hybridized carbons (Fsp3) is 0.667. The SMILES string of the molecule is CCOCc1nc(N)cc(OCCOCCOC)n1. The van der Waals surface area contributed by atoms with Crippen molar-refractivity contribution in [3.8, 4) is 5.88 Å². The van der Waals surface area contributed by atoms with E-state index in [-0.39, 0.29) is 0 Å². The highest BCUT2D eigenvalue weighted by Crippen LogP contribution is 2.11. The van der Waals surface area contributed by atoms with Crippen molar-refractivity contribution in [2.24, 2.45) is 0 Å². The first kappa shape index (κ1) is 15.6. The van der Waals surface area contributed by atoms with E-state index in [1.54, 1.807) is 13.2 Å². The second-order valence-electron chi connectivity index (χ2n) is 3.64. The maximum Gasteiger partial charge on any atom is 0.218 e. The second-order valence-corrected chi connectivity index (χ2v) is 3.64. The zero-order valence-electron chi connectivity index (χ0n) is 11.4. The van der Waals surface area contributed by atoms with Crippen LogP contribution >= 0.6 is 0 Å². The number of hydrogen-bond donors (Lipinski definition) is 1. The summed E-state index contributed by atoms with van der Waals surface area (Å²) in [6.07, 6.45) is 0. The van der Waals surface area contributed by atoms with Crippen LogP contribution in [0.15, 0.2) is 6.07 Å². The summed E-state index contributed by atoms with van der Waals surface area (Å²) in [6, 6.07) is 1.57. The largest absolute Gasteiger partial charge is 0.475 e. The van der Waals surface area contributed by atoms with Crippen molar-refractivity contribution in [2.75, 3.05) is 45.9 Å². The average molecular weight is 271 g/mol. The van der Waals surface area contributed by atoms with Crippen molar-refractivity contribution in [1.29, 1.82) is 0 Å². The van der Waals surface area contributed by atoms with Gasteiger partial charge < -0.3 is 24.7 Å². The number of nitrogens with two attached hydrogens (primary N) is 1. The fourth-order valence-corrected chi connectivity index (χ4v) is 1.27. The Morgan fingerprint density at radius 3 is 2.63 bits per heavy atom. The first-order valence-corrected chi connectivity index (χ1v) is 6.17. The molecule has 0 aliphatic carbocycles. The number of anilines is 1. The fourth-order valence-electron chi connectivity index (χ4n) is 1.27. The number of rotatable bonds is 10. The van der Waals surface area contributed by atoms with Crippen LogP contribution in [0.1, 0.15) is 12.7 Å². The minimum atomic E-state index is 0.322. The van der Waals surface area contributed by atoms with E-state index in [1.165, 1.54) is 0 Å². The van der Waals surface area contributed by atoms with Crippen LogP contribution in [0, 0.1) is 0 Å². The lowest BCUT2D eigenvalue weighted by Gasteiger charge is -2.08. The van der Waals surface area contributed by atoms with Crippen LogP contribution in [0.4, 0.5) is 5.82 Å². The van der Waals surface area contributed by atoms with Gasteiger partial charge in [-0.3, -0.25) is 0 Å². The van der Waals surface area contributed by atoms with Crippen LogP contribution in [0.3, 0.4) is 0 Å². The van der Waals surface area contributed by atoms with E-state index in [4.69, 9.17) is 24.7 Å². The zero-order chi connectivity index (χ0) is 13.9. The third-order valence-electron chi connectivity index (χ3n) is 2.11. The van der Waals surface area contributed by atoms with E-state index in [2.05, 4.69) is 9.97 Å². The molecule has 1 aromatic rings. The van der Waals surface area contributed by atoms with Gasteiger partial charge in [0, 0.05) is 19.8 Å². The summed E-state index contributed by atoms with van der Waals surface area (Å²) in [6.45, 7) is 4.80. The third kappa shape index (κ3) is 6.90. The molecule has 0 atom stereocenters. The molecule has 1 heterocycles. The van der Waals surface area contributed by atoms with Gasteiger partial charge in [-0.1, -0.05) is 0 Å². The lowest BCUT2D eigenvalue weighted by molar-refractivity contribution is 0.0535. The van der Waals surface area contributed by atoms with Crippen LogP contribution in [0.5, 0.6) is 5.88 Å². The summed E-state index contributed by atoms with van der Waals surface area (Å²) in [4.78, 5) is 8.24. The molecule has 0 saturated carbocycles. The minimum Gasteiger partial charge on any atom is -0.475 e. The zero-order valence-corrected chi connectivity index (χ0v) is 11.4. The van der Waals surface area contributed by atoms with Gasteiger partial charge in [0.1, 0.15) is 19.0 Å². The molecule has 19 heavy (non-hydrogen) atoms. The summed E-state index contributed by atoms with van der Waals surface area (Å²) in [7, 11) is 1.63. The molecule has 0 aromatic carbocycles. The molecule has 0 spiro atoms. The number of methoxy groups -OCH3 is 1. The van der Waals surface area contributed by atoms with E-state index in [0.717, 1.165) is 0 Å². The number of nitrogens with zero attached hydrogens (tertiary/aromatic N) is 2. The predicted molar refractivity (Wildman–Crippen MR) is 70.0 cm³/mol. The van der Waals surface area contributed by atoms with Crippen molar-refractivity contribution in [2.45, 2.75) is 13.5 Å². The molecule has 1 rings (SSSR count). The van der Waals surface area contributed by atoms with Crippen LogP contribution in [0.25, 0.3) is 0 Å². The molecule has 108 valence electrons. The van der Waals surface area contributed by atoms with Gasteiger partial charge in [0.15, 0.2) is 5.82 Å². The maximum absolute atomic E-state index is 5.67. The summed E-state index contributed by atoms with van der Waals surface area (Å²) >= 11 is 0. The molecule has 0 saturated heterocycles. The smallest absolute Gasteiger partial charge is 0.218 e. The molecule has 2 N–H and O–H groups in total. The Kier molecular flexibility index (Phi) is 7.80. The molecular formula is C12H21N3O4. The van der Waals surface area contributed by atoms with E-state index in [9.17, 15) is 0 Å². The minimum absolute atomic E-state index is 0.322. The van der Waals surface area contributed by atoms with Gasteiger partial charge >= 0.3 is 0 Å². The summed E-state index contributed by atoms with van der Waals surface area (Å²) in [5.74, 6) is 1.30. The Bertz CT molecular complexity index is 363. The second kappa shape index (κ2) is 9.48. The first-order chi connectivity index (χ1) is 9.26. The molecule has 0 aliphatic heterocycles. The van der Waals surface area contributed by atoms with E-state index in [0.29, 0.717) is 57.2 Å². The normalized spacial score (nSPS) is 10.6. The third-order valence-corrected chi connectivity index (χ3v) is 2.11. The van der Waals surface area contributed by atoms with Crippen LogP contribution < -0.4 is 10.5 Å². The van der Waals surface area contributed by atoms with Crippen molar-refractivity contribution < 1.29 is 18.9 Å². The Hall–Kier alpha value is -1.44. The first-order valence-electron chi connectivity index (χ1n) is 6.17. The Morgan fingerprint density at radius 1 is 1.11 bits per heavy atom. The van der Waals surface area contributed by atoms with Gasteiger partial charge in [0.25, 0.3) is 0 Å². The van der Waals surface area contributed by atoms with Gasteiger partial charge in [0.2, 0.25) is 5.88 Å². The summed E-state index contributed by atoms with van der Waals surface area (Å²) in [5.41, 5.74) is 5.67. The van der Waals surface area contributed by atoms with Gasteiger partial charge in [-0.15, -0.1) is 0 Å². The van der Waals surface area contributed by atoms with Crippen LogP contribution in [-0.4, -0.2) is 50.1 Å². The quantitative estimate of drug-likeness (QED) is 0.624. The molecule has 0 bridgehead atoms. The van der Waals surface area contributed by atoms with Gasteiger partial charge in [0.05, 0.1) is 19.8 Å². The van der Waals surface area contributed by atoms with Crippen molar-refractivity contribution in [3.05, 3.63) is 11.9 Å². The van der Waals surface area contributed by atoms with Gasteiger partial charge in [-0.2, -0.15) is 4.98 Å². The molecule has 0 aliphatic rings. The lowest BCUT2D eigenvalue weighted by Crippen LogP contribution is -2.12. The molecule has 1 aromatic heterocycles. The van der Waals surface area contributed by atoms with E-state index in [1.807, 2.05) is 6.92 Å². The monoisotopic (exact) mass is 271 g/mol. The summed E-state index contributed by atoms with van der Waals surface area (Å²) in [5, 5.41) is 0. The topological polar surface area (TPSA) is 88.7 Å². The van der Waals surface area contributed by atoms with Crippen LogP contribution in [0.2, 0.25) is 0 Å². The Labute approximate surface area is 113 Å². The summed E-state index contributed by atoms with van der Waals surface area (Å²) < 4.78 is 20.8. The lowest BCUT2D eigenvalue weighted by atomic mass is 10.5. The van der Waals surface area contributed by atoms with Gasteiger partial charge in [-0.05, 0) is 6.92 Å². The highest BCUT2D eigenvalue weighted by atomic mass is 16.5. The number of aromatic nitrogens is 2. The van der Waals surface area contributed by atoms with E-state index < -0.39 is 0 Å². The Morgan fingerprint density at radius 2 is 1.89 bits per heavy atom. The molecule has 0 amide bonds. The van der Waals surface area contributed by atoms with Gasteiger partial charge in [-0.25, -0.2) is 4.98 Å². The molecular weight excluding hydrogens is 250 g/mol. The highest BCUT2D eigenvalue weighted by Gasteiger charge is 2.04. The predicted octanol–water partition coefficient (Wildman–Crippen LogP) is 0.637.